The van der Waals surface area contributed by atoms with E-state index in [4.69, 9.17) is 0 Å². The normalized spacial score (nSPS) is 12.4. The summed E-state index contributed by atoms with van der Waals surface area (Å²) in [5.41, 5.74) is 1.82. The molecule has 0 aliphatic carbocycles. The fourth-order valence-electron chi connectivity index (χ4n) is 1.53. The molecule has 16 heavy (non-hydrogen) atoms. The van der Waals surface area contributed by atoms with Crippen molar-refractivity contribution in [3.8, 4) is 0 Å². The molecule has 4 heteroatoms. The fraction of sp³-hybridized carbons (Fsp3) is 0.500. The predicted octanol–water partition coefficient (Wildman–Crippen LogP) is 2.34. The Kier molecular flexibility index (Phi) is 4.92. The number of aliphatic hydroxyl groups is 1. The molecule has 0 saturated carbocycles. The van der Waals surface area contributed by atoms with Gasteiger partial charge in [0.15, 0.2) is 0 Å². The lowest BCUT2D eigenvalue weighted by Gasteiger charge is -2.07. The molecule has 0 saturated heterocycles. The molecule has 0 spiro atoms. The highest BCUT2D eigenvalue weighted by atomic mass is 16.6. The molecular formula is C12H17NO3. The maximum atomic E-state index is 10.2. The van der Waals surface area contributed by atoms with Gasteiger partial charge >= 0.3 is 0 Å². The van der Waals surface area contributed by atoms with Crippen molar-refractivity contribution in [3.63, 3.8) is 0 Å². The lowest BCUT2D eigenvalue weighted by Crippen LogP contribution is -2.11. The van der Waals surface area contributed by atoms with Crippen molar-refractivity contribution in [2.24, 2.45) is 0 Å². The van der Waals surface area contributed by atoms with Crippen LogP contribution in [0.3, 0.4) is 0 Å². The van der Waals surface area contributed by atoms with Crippen LogP contribution >= 0.6 is 0 Å². The number of rotatable bonds is 6. The van der Waals surface area contributed by atoms with E-state index < -0.39 is 17.6 Å². The van der Waals surface area contributed by atoms with Gasteiger partial charge in [0.25, 0.3) is 0 Å². The Morgan fingerprint density at radius 1 is 1.38 bits per heavy atom. The first-order chi connectivity index (χ1) is 7.63. The number of nitrogens with zero attached hydrogens (tertiary/aromatic N) is 1. The van der Waals surface area contributed by atoms with Crippen LogP contribution in [0.1, 0.15) is 37.0 Å². The summed E-state index contributed by atoms with van der Waals surface area (Å²) in [6.07, 6.45) is 2.29. The summed E-state index contributed by atoms with van der Waals surface area (Å²) in [5.74, 6) is 0. The first kappa shape index (κ1) is 12.6. The highest BCUT2D eigenvalue weighted by Crippen LogP contribution is 2.15. The molecule has 0 aliphatic rings. The second kappa shape index (κ2) is 6.23. The first-order valence-electron chi connectivity index (χ1n) is 5.52. The van der Waals surface area contributed by atoms with Gasteiger partial charge in [-0.3, -0.25) is 10.1 Å². The van der Waals surface area contributed by atoms with Gasteiger partial charge in [-0.2, -0.15) is 0 Å². The molecule has 0 amide bonds. The minimum atomic E-state index is -1.00. The molecule has 0 fully saturated rings. The van der Waals surface area contributed by atoms with Crippen molar-refractivity contribution < 1.29 is 10.0 Å². The zero-order valence-electron chi connectivity index (χ0n) is 9.43. The average molecular weight is 223 g/mol. The van der Waals surface area contributed by atoms with Crippen molar-refractivity contribution in [2.45, 2.75) is 32.3 Å². The van der Waals surface area contributed by atoms with Crippen molar-refractivity contribution in [1.82, 2.24) is 0 Å². The Hall–Kier alpha value is -1.42. The summed E-state index contributed by atoms with van der Waals surface area (Å²) >= 11 is 0. The second-order valence-electron chi connectivity index (χ2n) is 3.88. The van der Waals surface area contributed by atoms with E-state index in [-0.39, 0.29) is 0 Å². The van der Waals surface area contributed by atoms with Gasteiger partial charge in [-0.05, 0) is 24.0 Å². The van der Waals surface area contributed by atoms with E-state index in [1.165, 1.54) is 5.56 Å². The summed E-state index contributed by atoms with van der Waals surface area (Å²) < 4.78 is 0. The van der Waals surface area contributed by atoms with Crippen LogP contribution in [0.15, 0.2) is 24.3 Å². The molecule has 4 nitrogen and oxygen atoms in total. The highest BCUT2D eigenvalue weighted by Gasteiger charge is 2.13. The third kappa shape index (κ3) is 3.98. The Morgan fingerprint density at radius 2 is 2.00 bits per heavy atom. The number of aryl methyl sites for hydroxylation is 1. The minimum Gasteiger partial charge on any atom is -0.382 e. The number of nitro groups is 1. The maximum absolute atomic E-state index is 10.2. The molecule has 0 heterocycles. The summed E-state index contributed by atoms with van der Waals surface area (Å²) in [4.78, 5) is 9.73. The van der Waals surface area contributed by atoms with Crippen LogP contribution in [-0.4, -0.2) is 16.6 Å². The molecule has 1 aromatic carbocycles. The van der Waals surface area contributed by atoms with Gasteiger partial charge in [0, 0.05) is 4.92 Å². The number of hydrogen-bond acceptors (Lipinski definition) is 3. The Balaban J connectivity index is 2.59. The van der Waals surface area contributed by atoms with E-state index in [1.54, 1.807) is 12.1 Å². The van der Waals surface area contributed by atoms with E-state index in [0.717, 1.165) is 19.3 Å². The number of benzene rings is 1. The molecule has 1 unspecified atom stereocenters. The third-order valence-electron chi connectivity index (χ3n) is 2.51. The van der Waals surface area contributed by atoms with Crippen LogP contribution in [0.25, 0.3) is 0 Å². The van der Waals surface area contributed by atoms with E-state index in [0.29, 0.717) is 5.56 Å². The van der Waals surface area contributed by atoms with Crippen LogP contribution in [-0.2, 0) is 6.42 Å². The summed E-state index contributed by atoms with van der Waals surface area (Å²) in [6.45, 7) is 1.70. The predicted molar refractivity (Wildman–Crippen MR) is 61.9 cm³/mol. The standard InChI is InChI=1S/C12H17NO3/c1-2-3-4-10-5-7-11(8-6-10)12(14)9-13(15)16/h5-8,12,14H,2-4,9H2,1H3. The number of hydrogen-bond donors (Lipinski definition) is 1. The van der Waals surface area contributed by atoms with Crippen molar-refractivity contribution >= 4 is 0 Å². The third-order valence-corrected chi connectivity index (χ3v) is 2.51. The molecule has 1 atom stereocenters. The molecule has 88 valence electrons. The lowest BCUT2D eigenvalue weighted by atomic mass is 10.0. The minimum absolute atomic E-state index is 0.436. The highest BCUT2D eigenvalue weighted by molar-refractivity contribution is 5.24. The smallest absolute Gasteiger partial charge is 0.233 e. The van der Waals surface area contributed by atoms with Gasteiger partial charge in [0.2, 0.25) is 6.54 Å². The van der Waals surface area contributed by atoms with Gasteiger partial charge < -0.3 is 5.11 Å². The topological polar surface area (TPSA) is 63.4 Å². The Morgan fingerprint density at radius 3 is 2.50 bits per heavy atom. The zero-order valence-corrected chi connectivity index (χ0v) is 9.43. The number of aliphatic hydroxyl groups excluding tert-OH is 1. The van der Waals surface area contributed by atoms with E-state index in [9.17, 15) is 15.2 Å². The Bertz CT molecular complexity index is 335. The molecular weight excluding hydrogens is 206 g/mol. The molecule has 0 aromatic heterocycles. The molecule has 1 aromatic rings. The van der Waals surface area contributed by atoms with Crippen molar-refractivity contribution in [2.75, 3.05) is 6.54 Å². The SMILES string of the molecule is CCCCc1ccc(C(O)C[N+](=O)[O-])cc1. The van der Waals surface area contributed by atoms with Crippen LogP contribution in [0, 0.1) is 10.1 Å². The largest absolute Gasteiger partial charge is 0.382 e. The van der Waals surface area contributed by atoms with Crippen LogP contribution in [0.4, 0.5) is 0 Å². The first-order valence-corrected chi connectivity index (χ1v) is 5.52. The van der Waals surface area contributed by atoms with Gasteiger partial charge in [-0.25, -0.2) is 0 Å². The van der Waals surface area contributed by atoms with Crippen LogP contribution in [0.2, 0.25) is 0 Å². The average Bonchev–Trinajstić information content (AvgIpc) is 2.26. The van der Waals surface area contributed by atoms with Gasteiger partial charge in [0.05, 0.1) is 0 Å². The van der Waals surface area contributed by atoms with E-state index >= 15 is 0 Å². The second-order valence-corrected chi connectivity index (χ2v) is 3.88. The van der Waals surface area contributed by atoms with Crippen molar-refractivity contribution in [3.05, 3.63) is 45.5 Å². The van der Waals surface area contributed by atoms with E-state index in [1.807, 2.05) is 12.1 Å². The monoisotopic (exact) mass is 223 g/mol. The van der Waals surface area contributed by atoms with E-state index in [2.05, 4.69) is 6.92 Å². The summed E-state index contributed by atoms with van der Waals surface area (Å²) in [6, 6.07) is 7.38. The molecule has 0 aliphatic heterocycles. The van der Waals surface area contributed by atoms with Crippen LogP contribution in [0.5, 0.6) is 0 Å². The van der Waals surface area contributed by atoms with Gasteiger partial charge in [-0.1, -0.05) is 37.6 Å². The maximum Gasteiger partial charge on any atom is 0.233 e. The fourth-order valence-corrected chi connectivity index (χ4v) is 1.53. The quantitative estimate of drug-likeness (QED) is 0.594. The lowest BCUT2D eigenvalue weighted by molar-refractivity contribution is -0.491. The molecule has 0 bridgehead atoms. The zero-order chi connectivity index (χ0) is 12.0. The summed E-state index contributed by atoms with van der Waals surface area (Å²) in [5, 5.41) is 19.8. The van der Waals surface area contributed by atoms with Gasteiger partial charge in [0.1, 0.15) is 6.10 Å². The molecule has 1 N–H and O–H groups in total. The molecule has 0 radical (unpaired) electrons. The van der Waals surface area contributed by atoms with Crippen LogP contribution < -0.4 is 0 Å². The number of unbranched alkanes of at least 4 members (excludes halogenated alkanes) is 1. The summed E-state index contributed by atoms with van der Waals surface area (Å²) in [7, 11) is 0. The Labute approximate surface area is 95.1 Å². The van der Waals surface area contributed by atoms with Crippen molar-refractivity contribution in [1.29, 1.82) is 0 Å². The molecule has 1 rings (SSSR count). The van der Waals surface area contributed by atoms with Gasteiger partial charge in [-0.15, -0.1) is 0 Å².